The number of aromatic amines is 1. The minimum Gasteiger partial charge on any atom is -0.490 e. The van der Waals surface area contributed by atoms with Gasteiger partial charge in [0, 0.05) is 41.0 Å². The van der Waals surface area contributed by atoms with Gasteiger partial charge < -0.3 is 19.8 Å². The van der Waals surface area contributed by atoms with Gasteiger partial charge in [0.1, 0.15) is 11.9 Å². The third-order valence-electron chi connectivity index (χ3n) is 5.60. The molecule has 0 bridgehead atoms. The van der Waals surface area contributed by atoms with E-state index in [2.05, 4.69) is 46.7 Å². The lowest BCUT2D eigenvalue weighted by atomic mass is 9.94. The van der Waals surface area contributed by atoms with Gasteiger partial charge in [-0.1, -0.05) is 23.7 Å². The highest BCUT2D eigenvalue weighted by atomic mass is 35.5. The first-order valence-electron chi connectivity index (χ1n) is 9.66. The van der Waals surface area contributed by atoms with Crippen molar-refractivity contribution in [1.29, 1.82) is 0 Å². The summed E-state index contributed by atoms with van der Waals surface area (Å²) >= 11 is 6.22. The van der Waals surface area contributed by atoms with Crippen LogP contribution in [0.3, 0.4) is 0 Å². The molecule has 4 nitrogen and oxygen atoms in total. The second-order valence-corrected chi connectivity index (χ2v) is 7.78. The van der Waals surface area contributed by atoms with Gasteiger partial charge in [-0.25, -0.2) is 0 Å². The van der Waals surface area contributed by atoms with Gasteiger partial charge in [-0.05, 0) is 47.9 Å². The quantitative estimate of drug-likeness (QED) is 0.695. The standard InChI is InChI=1S/C22H23ClN2O2/c23-15-3-6-20-19(13-15)18-7-10-24-21(22(18)25-20)14-1-4-16(5-2-14)27-17-8-11-26-12-9-17/h1-6,13,17,21,24-25H,7-12H2. The average molecular weight is 383 g/mol. The van der Waals surface area contributed by atoms with E-state index in [4.69, 9.17) is 21.1 Å². The summed E-state index contributed by atoms with van der Waals surface area (Å²) in [6.07, 6.45) is 3.21. The highest BCUT2D eigenvalue weighted by Gasteiger charge is 2.25. The fraction of sp³-hybridized carbons (Fsp3) is 0.364. The molecule has 0 saturated carbocycles. The van der Waals surface area contributed by atoms with Crippen molar-refractivity contribution >= 4 is 22.5 Å². The number of benzene rings is 2. The van der Waals surface area contributed by atoms with Crippen molar-refractivity contribution in [3.05, 3.63) is 64.3 Å². The van der Waals surface area contributed by atoms with E-state index in [1.165, 1.54) is 22.2 Å². The first-order valence-corrected chi connectivity index (χ1v) is 10.0. The summed E-state index contributed by atoms with van der Waals surface area (Å²) in [7, 11) is 0. The first kappa shape index (κ1) is 17.1. The van der Waals surface area contributed by atoms with Crippen LogP contribution in [0, 0.1) is 0 Å². The van der Waals surface area contributed by atoms with E-state index in [-0.39, 0.29) is 12.1 Å². The third kappa shape index (κ3) is 3.33. The lowest BCUT2D eigenvalue weighted by Gasteiger charge is -2.26. The number of hydrogen-bond donors (Lipinski definition) is 2. The number of rotatable bonds is 3. The Balaban J connectivity index is 1.41. The molecule has 1 aromatic heterocycles. The maximum atomic E-state index is 6.22. The van der Waals surface area contributed by atoms with E-state index in [1.54, 1.807) is 0 Å². The summed E-state index contributed by atoms with van der Waals surface area (Å²) in [5.74, 6) is 0.935. The highest BCUT2D eigenvalue weighted by molar-refractivity contribution is 6.31. The SMILES string of the molecule is Clc1ccc2[nH]c3c(c2c1)CCNC3c1ccc(OC2CCOCC2)cc1. The maximum absolute atomic E-state index is 6.22. The summed E-state index contributed by atoms with van der Waals surface area (Å²) in [6.45, 7) is 2.54. The summed E-state index contributed by atoms with van der Waals surface area (Å²) in [4.78, 5) is 3.61. The number of H-pyrrole nitrogens is 1. The summed E-state index contributed by atoms with van der Waals surface area (Å²) in [6, 6.07) is 14.7. The van der Waals surface area contributed by atoms with Crippen molar-refractivity contribution in [2.75, 3.05) is 19.8 Å². The zero-order valence-electron chi connectivity index (χ0n) is 15.1. The minimum atomic E-state index is 0.164. The van der Waals surface area contributed by atoms with Gasteiger partial charge in [0.15, 0.2) is 0 Å². The molecule has 27 heavy (non-hydrogen) atoms. The van der Waals surface area contributed by atoms with E-state index in [9.17, 15) is 0 Å². The van der Waals surface area contributed by atoms with Crippen molar-refractivity contribution in [1.82, 2.24) is 10.3 Å². The Bertz CT molecular complexity index is 945. The molecular weight excluding hydrogens is 360 g/mol. The Morgan fingerprint density at radius 3 is 2.67 bits per heavy atom. The first-order chi connectivity index (χ1) is 13.3. The molecule has 1 saturated heterocycles. The fourth-order valence-corrected chi connectivity index (χ4v) is 4.38. The molecule has 1 fully saturated rings. The lowest BCUT2D eigenvalue weighted by molar-refractivity contribution is 0.0255. The summed E-state index contributed by atoms with van der Waals surface area (Å²) in [5.41, 5.74) is 5.01. The monoisotopic (exact) mass is 382 g/mol. The van der Waals surface area contributed by atoms with Gasteiger partial charge in [0.05, 0.1) is 19.3 Å². The molecule has 1 atom stereocenters. The number of fused-ring (bicyclic) bond motifs is 3. The van der Waals surface area contributed by atoms with Crippen LogP contribution in [0.25, 0.3) is 10.9 Å². The maximum Gasteiger partial charge on any atom is 0.119 e. The van der Waals surface area contributed by atoms with Crippen LogP contribution in [-0.4, -0.2) is 30.8 Å². The van der Waals surface area contributed by atoms with Crippen molar-refractivity contribution in [3.8, 4) is 5.75 Å². The summed E-state index contributed by atoms with van der Waals surface area (Å²) in [5, 5.41) is 5.67. The van der Waals surface area contributed by atoms with Crippen molar-refractivity contribution in [3.63, 3.8) is 0 Å². The van der Waals surface area contributed by atoms with Gasteiger partial charge in [-0.3, -0.25) is 0 Å². The Kier molecular flexibility index (Phi) is 4.56. The van der Waals surface area contributed by atoms with Crippen molar-refractivity contribution in [2.24, 2.45) is 0 Å². The van der Waals surface area contributed by atoms with Crippen LogP contribution in [0.4, 0.5) is 0 Å². The lowest BCUT2D eigenvalue weighted by Crippen LogP contribution is -2.30. The number of aromatic nitrogens is 1. The molecule has 5 rings (SSSR count). The predicted molar refractivity (Wildman–Crippen MR) is 108 cm³/mol. The molecule has 3 aromatic rings. The van der Waals surface area contributed by atoms with Crippen LogP contribution in [0.2, 0.25) is 5.02 Å². The molecular formula is C22H23ClN2O2. The van der Waals surface area contributed by atoms with Gasteiger partial charge in [-0.2, -0.15) is 0 Å². The Labute approximate surface area is 163 Å². The van der Waals surface area contributed by atoms with Crippen molar-refractivity contribution < 1.29 is 9.47 Å². The number of halogens is 1. The smallest absolute Gasteiger partial charge is 0.119 e. The fourth-order valence-electron chi connectivity index (χ4n) is 4.21. The molecule has 0 amide bonds. The molecule has 1 unspecified atom stereocenters. The number of nitrogens with one attached hydrogen (secondary N) is 2. The zero-order valence-corrected chi connectivity index (χ0v) is 15.9. The second kappa shape index (κ2) is 7.19. The van der Waals surface area contributed by atoms with Crippen LogP contribution < -0.4 is 10.1 Å². The molecule has 0 aliphatic carbocycles. The molecule has 0 radical (unpaired) electrons. The molecule has 5 heteroatoms. The topological polar surface area (TPSA) is 46.3 Å². The van der Waals surface area contributed by atoms with Gasteiger partial charge in [-0.15, -0.1) is 0 Å². The van der Waals surface area contributed by atoms with Gasteiger partial charge in [0.25, 0.3) is 0 Å². The van der Waals surface area contributed by atoms with Crippen LogP contribution in [0.1, 0.15) is 35.7 Å². The second-order valence-electron chi connectivity index (χ2n) is 7.34. The molecule has 0 spiro atoms. The van der Waals surface area contributed by atoms with Crippen molar-refractivity contribution in [2.45, 2.75) is 31.4 Å². The van der Waals surface area contributed by atoms with Crippen LogP contribution in [0.5, 0.6) is 5.75 Å². The number of ether oxygens (including phenoxy) is 2. The molecule has 140 valence electrons. The Hall–Kier alpha value is -2.01. The normalized spacial score (nSPS) is 20.6. The molecule has 2 N–H and O–H groups in total. The van der Waals surface area contributed by atoms with Gasteiger partial charge in [0.2, 0.25) is 0 Å². The minimum absolute atomic E-state index is 0.164. The average Bonchev–Trinajstić information content (AvgIpc) is 3.07. The van der Waals surface area contributed by atoms with Gasteiger partial charge >= 0.3 is 0 Å². The van der Waals surface area contributed by atoms with E-state index in [1.807, 2.05) is 6.07 Å². The molecule has 2 aliphatic heterocycles. The molecule has 2 aromatic carbocycles. The van der Waals surface area contributed by atoms with E-state index >= 15 is 0 Å². The molecule has 3 heterocycles. The highest BCUT2D eigenvalue weighted by Crippen LogP contribution is 2.35. The Morgan fingerprint density at radius 1 is 1.04 bits per heavy atom. The Morgan fingerprint density at radius 2 is 1.85 bits per heavy atom. The largest absolute Gasteiger partial charge is 0.490 e. The third-order valence-corrected chi connectivity index (χ3v) is 5.83. The number of hydrogen-bond acceptors (Lipinski definition) is 3. The van der Waals surface area contributed by atoms with Crippen LogP contribution in [-0.2, 0) is 11.2 Å². The summed E-state index contributed by atoms with van der Waals surface area (Å²) < 4.78 is 11.5. The zero-order chi connectivity index (χ0) is 18.2. The van der Waals surface area contributed by atoms with E-state index < -0.39 is 0 Å². The van der Waals surface area contributed by atoms with E-state index in [0.29, 0.717) is 0 Å². The predicted octanol–water partition coefficient (Wildman–Crippen LogP) is 4.61. The van der Waals surface area contributed by atoms with E-state index in [0.717, 1.165) is 55.3 Å². The molecule has 2 aliphatic rings. The van der Waals surface area contributed by atoms with Crippen LogP contribution >= 0.6 is 11.6 Å². The van der Waals surface area contributed by atoms with Crippen LogP contribution in [0.15, 0.2) is 42.5 Å².